The highest BCUT2D eigenvalue weighted by Crippen LogP contribution is 2.32. The number of benzene rings is 1. The summed E-state index contributed by atoms with van der Waals surface area (Å²) < 4.78 is 37.1. The molecule has 1 heterocycles. The number of nitrogens with zero attached hydrogens (tertiary/aromatic N) is 1. The zero-order chi connectivity index (χ0) is 15.5. The van der Waals surface area contributed by atoms with E-state index in [1.54, 1.807) is 12.1 Å². The van der Waals surface area contributed by atoms with Crippen LogP contribution in [0.1, 0.15) is 12.8 Å². The molecule has 0 atom stereocenters. The molecule has 116 valence electrons. The average Bonchev–Trinajstić information content (AvgIpc) is 2.54. The van der Waals surface area contributed by atoms with Crippen LogP contribution >= 0.6 is 0 Å². The minimum Gasteiger partial charge on any atom is -0.497 e. The van der Waals surface area contributed by atoms with E-state index in [-0.39, 0.29) is 16.6 Å². The fraction of sp³-hybridized carbons (Fsp3) is 0.500. The molecule has 0 spiro atoms. The standard InChI is InChI=1S/C14H19NO5S/c1-19-12-3-4-13(20-2)14(9-12)21(17,18)15-7-5-11(10-16)6-8-15/h3-4,9-11H,5-8H2,1-2H3. The van der Waals surface area contributed by atoms with Gasteiger partial charge in [-0.05, 0) is 25.0 Å². The molecule has 0 saturated carbocycles. The Morgan fingerprint density at radius 3 is 2.38 bits per heavy atom. The number of carbonyl (C=O) groups excluding carboxylic acids is 1. The molecule has 1 aliphatic rings. The number of ether oxygens (including phenoxy) is 2. The molecule has 2 rings (SSSR count). The molecule has 0 radical (unpaired) electrons. The van der Waals surface area contributed by atoms with Crippen molar-refractivity contribution < 1.29 is 22.7 Å². The van der Waals surface area contributed by atoms with E-state index in [9.17, 15) is 13.2 Å². The lowest BCUT2D eigenvalue weighted by Crippen LogP contribution is -2.38. The van der Waals surface area contributed by atoms with Crippen LogP contribution in [0, 0.1) is 5.92 Å². The minimum absolute atomic E-state index is 0.0522. The first-order valence-corrected chi connectivity index (χ1v) is 8.14. The highest BCUT2D eigenvalue weighted by Gasteiger charge is 2.31. The molecular weight excluding hydrogens is 294 g/mol. The lowest BCUT2D eigenvalue weighted by molar-refractivity contribution is -0.112. The zero-order valence-corrected chi connectivity index (χ0v) is 12.9. The first-order chi connectivity index (χ1) is 10.0. The number of piperidine rings is 1. The van der Waals surface area contributed by atoms with Gasteiger partial charge in [0.05, 0.1) is 14.2 Å². The molecule has 0 unspecified atom stereocenters. The highest BCUT2D eigenvalue weighted by molar-refractivity contribution is 7.89. The zero-order valence-electron chi connectivity index (χ0n) is 12.1. The maximum atomic E-state index is 12.7. The van der Waals surface area contributed by atoms with Gasteiger partial charge in [-0.15, -0.1) is 0 Å². The van der Waals surface area contributed by atoms with Crippen molar-refractivity contribution in [3.63, 3.8) is 0 Å². The third-order valence-electron chi connectivity index (χ3n) is 3.68. The van der Waals surface area contributed by atoms with Crippen molar-refractivity contribution >= 4 is 16.3 Å². The van der Waals surface area contributed by atoms with Crippen LogP contribution < -0.4 is 9.47 Å². The van der Waals surface area contributed by atoms with Gasteiger partial charge in [-0.2, -0.15) is 4.31 Å². The molecule has 1 aromatic carbocycles. The van der Waals surface area contributed by atoms with Crippen LogP contribution in [-0.2, 0) is 14.8 Å². The normalized spacial score (nSPS) is 17.4. The van der Waals surface area contributed by atoms with E-state index < -0.39 is 10.0 Å². The van der Waals surface area contributed by atoms with Crippen LogP contribution in [0.3, 0.4) is 0 Å². The summed E-state index contributed by atoms with van der Waals surface area (Å²) in [7, 11) is -0.747. The van der Waals surface area contributed by atoms with Crippen LogP contribution in [0.15, 0.2) is 23.1 Å². The molecule has 0 bridgehead atoms. The average molecular weight is 313 g/mol. The van der Waals surface area contributed by atoms with Crippen LogP contribution in [0.5, 0.6) is 11.5 Å². The fourth-order valence-electron chi connectivity index (χ4n) is 2.38. The summed E-state index contributed by atoms with van der Waals surface area (Å²) in [5, 5.41) is 0. The fourth-order valence-corrected chi connectivity index (χ4v) is 4.02. The van der Waals surface area contributed by atoms with Gasteiger partial charge in [0.15, 0.2) is 0 Å². The Hall–Kier alpha value is -1.60. The van der Waals surface area contributed by atoms with Crippen molar-refractivity contribution in [3.05, 3.63) is 18.2 Å². The van der Waals surface area contributed by atoms with E-state index in [0.717, 1.165) is 6.29 Å². The van der Waals surface area contributed by atoms with Crippen molar-refractivity contribution in [2.75, 3.05) is 27.3 Å². The van der Waals surface area contributed by atoms with Gasteiger partial charge in [-0.25, -0.2) is 8.42 Å². The number of aldehydes is 1. The highest BCUT2D eigenvalue weighted by atomic mass is 32.2. The second kappa shape index (κ2) is 6.44. The molecule has 1 fully saturated rings. The third-order valence-corrected chi connectivity index (χ3v) is 5.60. The van der Waals surface area contributed by atoms with Crippen LogP contribution in [0.25, 0.3) is 0 Å². The first kappa shape index (κ1) is 15.8. The lowest BCUT2D eigenvalue weighted by Gasteiger charge is -2.29. The van der Waals surface area contributed by atoms with Crippen LogP contribution in [-0.4, -0.2) is 46.3 Å². The summed E-state index contributed by atoms with van der Waals surface area (Å²) in [6.07, 6.45) is 2.00. The first-order valence-electron chi connectivity index (χ1n) is 6.70. The maximum Gasteiger partial charge on any atom is 0.246 e. The molecule has 7 heteroatoms. The summed E-state index contributed by atoms with van der Waals surface area (Å²) in [5.41, 5.74) is 0. The van der Waals surface area contributed by atoms with Gasteiger partial charge >= 0.3 is 0 Å². The van der Waals surface area contributed by atoms with Crippen molar-refractivity contribution in [1.82, 2.24) is 4.31 Å². The summed E-state index contributed by atoms with van der Waals surface area (Å²) in [4.78, 5) is 10.9. The predicted octanol–water partition coefficient (Wildman–Crippen LogP) is 1.30. The molecule has 1 aromatic rings. The Kier molecular flexibility index (Phi) is 4.84. The lowest BCUT2D eigenvalue weighted by atomic mass is 10.0. The Balaban J connectivity index is 2.33. The van der Waals surface area contributed by atoms with Crippen molar-refractivity contribution in [1.29, 1.82) is 0 Å². The van der Waals surface area contributed by atoms with Gasteiger partial charge in [-0.1, -0.05) is 0 Å². The summed E-state index contributed by atoms with van der Waals surface area (Å²) >= 11 is 0. The topological polar surface area (TPSA) is 72.9 Å². The second-order valence-electron chi connectivity index (χ2n) is 4.89. The number of rotatable bonds is 5. The third kappa shape index (κ3) is 3.19. The Bertz CT molecular complexity index is 606. The quantitative estimate of drug-likeness (QED) is 0.766. The SMILES string of the molecule is COc1ccc(OC)c(S(=O)(=O)N2CCC(C=O)CC2)c1. The Labute approximate surface area is 124 Å². The van der Waals surface area contributed by atoms with Gasteiger partial charge in [0.25, 0.3) is 0 Å². The Morgan fingerprint density at radius 1 is 1.19 bits per heavy atom. The smallest absolute Gasteiger partial charge is 0.246 e. The van der Waals surface area contributed by atoms with E-state index in [1.165, 1.54) is 24.6 Å². The molecule has 0 aromatic heterocycles. The number of hydrogen-bond donors (Lipinski definition) is 0. The molecular formula is C14H19NO5S. The van der Waals surface area contributed by atoms with Crippen molar-refractivity contribution in [3.8, 4) is 11.5 Å². The predicted molar refractivity (Wildman–Crippen MR) is 77.1 cm³/mol. The molecule has 0 N–H and O–H groups in total. The van der Waals surface area contributed by atoms with E-state index in [1.807, 2.05) is 0 Å². The molecule has 1 saturated heterocycles. The minimum atomic E-state index is -3.66. The number of sulfonamides is 1. The van der Waals surface area contributed by atoms with E-state index in [0.29, 0.717) is 31.7 Å². The van der Waals surface area contributed by atoms with Gasteiger partial charge in [0.1, 0.15) is 22.7 Å². The molecule has 6 nitrogen and oxygen atoms in total. The molecule has 21 heavy (non-hydrogen) atoms. The molecule has 0 amide bonds. The summed E-state index contributed by atoms with van der Waals surface area (Å²) in [5.74, 6) is 0.689. The monoisotopic (exact) mass is 313 g/mol. The van der Waals surface area contributed by atoms with Crippen LogP contribution in [0.4, 0.5) is 0 Å². The van der Waals surface area contributed by atoms with E-state index in [4.69, 9.17) is 9.47 Å². The van der Waals surface area contributed by atoms with Gasteiger partial charge in [0, 0.05) is 25.1 Å². The largest absolute Gasteiger partial charge is 0.497 e. The molecule has 1 aliphatic heterocycles. The maximum absolute atomic E-state index is 12.7. The summed E-state index contributed by atoms with van der Waals surface area (Å²) in [6, 6.07) is 4.68. The van der Waals surface area contributed by atoms with E-state index >= 15 is 0 Å². The van der Waals surface area contributed by atoms with Gasteiger partial charge in [-0.3, -0.25) is 0 Å². The van der Waals surface area contributed by atoms with Crippen molar-refractivity contribution in [2.45, 2.75) is 17.7 Å². The van der Waals surface area contributed by atoms with Gasteiger partial charge < -0.3 is 14.3 Å². The second-order valence-corrected chi connectivity index (χ2v) is 6.80. The summed E-state index contributed by atoms with van der Waals surface area (Å²) in [6.45, 7) is 0.679. The van der Waals surface area contributed by atoms with Crippen molar-refractivity contribution in [2.24, 2.45) is 5.92 Å². The Morgan fingerprint density at radius 2 is 1.86 bits per heavy atom. The van der Waals surface area contributed by atoms with E-state index in [2.05, 4.69) is 0 Å². The van der Waals surface area contributed by atoms with Gasteiger partial charge in [0.2, 0.25) is 10.0 Å². The number of carbonyl (C=O) groups is 1. The number of methoxy groups -OCH3 is 2. The number of hydrogen-bond acceptors (Lipinski definition) is 5. The molecule has 0 aliphatic carbocycles. The van der Waals surface area contributed by atoms with Crippen LogP contribution in [0.2, 0.25) is 0 Å².